The number of nitrogens with zero attached hydrogens (tertiary/aromatic N) is 2. The van der Waals surface area contributed by atoms with Crippen LogP contribution < -0.4 is 10.5 Å². The molecule has 0 aliphatic heterocycles. The summed E-state index contributed by atoms with van der Waals surface area (Å²) in [7, 11) is 0. The number of hydrogen-bond donors (Lipinski definition) is 1. The largest absolute Gasteiger partial charge is 0.411 e. The normalized spacial score (nSPS) is 9.88. The van der Waals surface area contributed by atoms with E-state index >= 15 is 0 Å². The number of rotatable bonds is 1. The molecule has 0 bridgehead atoms. The predicted molar refractivity (Wildman–Crippen MR) is 62.9 cm³/mol. The molecule has 0 spiro atoms. The lowest BCUT2D eigenvalue weighted by molar-refractivity contribution is 0.211. The molecule has 1 amide bonds. The molecule has 5 nitrogen and oxygen atoms in total. The zero-order valence-electron chi connectivity index (χ0n) is 7.44. The molecule has 2 aromatic heterocycles. The van der Waals surface area contributed by atoms with Crippen LogP contribution in [0.25, 0.3) is 10.2 Å². The van der Waals surface area contributed by atoms with Crippen molar-refractivity contribution in [1.82, 2.24) is 9.97 Å². The first-order valence-corrected chi connectivity index (χ1v) is 4.85. The van der Waals surface area contributed by atoms with E-state index in [1.807, 2.05) is 0 Å². The van der Waals surface area contributed by atoms with Gasteiger partial charge in [0.05, 0.1) is 10.9 Å². The van der Waals surface area contributed by atoms with Crippen molar-refractivity contribution in [3.63, 3.8) is 0 Å². The van der Waals surface area contributed by atoms with Gasteiger partial charge in [-0.15, -0.1) is 17.0 Å². The Hall–Kier alpha value is -0.990. The zero-order valence-corrected chi connectivity index (χ0v) is 10.7. The van der Waals surface area contributed by atoms with Crippen molar-refractivity contribution in [1.29, 1.82) is 0 Å². The summed E-state index contributed by atoms with van der Waals surface area (Å²) in [5, 5.41) is -0.294. The second-order valence-corrected chi connectivity index (χ2v) is 3.80. The Labute approximate surface area is 108 Å². The van der Waals surface area contributed by atoms with E-state index in [1.54, 1.807) is 0 Å². The fraction of sp³-hybridized carbons (Fsp3) is 0. The van der Waals surface area contributed by atoms with Gasteiger partial charge in [0.25, 0.3) is 5.19 Å². The molecule has 2 N–H and O–H groups in total. The SMILES string of the molecule is Br.NC(=O)Oc1nc2cnc(Cl)c(F)c2s1. The zero-order chi connectivity index (χ0) is 11.0. The summed E-state index contributed by atoms with van der Waals surface area (Å²) in [6, 6.07) is 0. The van der Waals surface area contributed by atoms with Gasteiger partial charge in [-0.1, -0.05) is 22.9 Å². The van der Waals surface area contributed by atoms with Gasteiger partial charge in [-0.2, -0.15) is 0 Å². The minimum Gasteiger partial charge on any atom is -0.381 e. The van der Waals surface area contributed by atoms with Crippen LogP contribution in [-0.2, 0) is 0 Å². The summed E-state index contributed by atoms with van der Waals surface area (Å²) in [4.78, 5) is 17.8. The van der Waals surface area contributed by atoms with Crippen molar-refractivity contribution in [3.05, 3.63) is 17.2 Å². The van der Waals surface area contributed by atoms with Gasteiger partial charge in [-0.3, -0.25) is 0 Å². The molecule has 2 heterocycles. The fourth-order valence-electron chi connectivity index (χ4n) is 0.954. The highest BCUT2D eigenvalue weighted by Gasteiger charge is 2.14. The quantitative estimate of drug-likeness (QED) is 0.816. The van der Waals surface area contributed by atoms with E-state index < -0.39 is 11.9 Å². The van der Waals surface area contributed by atoms with Crippen LogP contribution in [0.5, 0.6) is 5.19 Å². The number of ether oxygens (including phenoxy) is 1. The van der Waals surface area contributed by atoms with Crippen LogP contribution in [0.15, 0.2) is 6.20 Å². The third kappa shape index (κ3) is 2.39. The average molecular weight is 329 g/mol. The van der Waals surface area contributed by atoms with Crippen molar-refractivity contribution in [2.45, 2.75) is 0 Å². The number of carbonyl (C=O) groups excluding carboxylic acids is 1. The number of thiazole rings is 1. The van der Waals surface area contributed by atoms with Gasteiger partial charge >= 0.3 is 6.09 Å². The summed E-state index contributed by atoms with van der Waals surface area (Å²) >= 11 is 6.30. The monoisotopic (exact) mass is 327 g/mol. The lowest BCUT2D eigenvalue weighted by Crippen LogP contribution is -2.15. The molecule has 16 heavy (non-hydrogen) atoms. The average Bonchev–Trinajstić information content (AvgIpc) is 2.54. The van der Waals surface area contributed by atoms with Crippen molar-refractivity contribution >= 4 is 56.2 Å². The molecule has 0 aliphatic carbocycles. The number of hydrogen-bond acceptors (Lipinski definition) is 5. The fourth-order valence-corrected chi connectivity index (χ4v) is 1.99. The van der Waals surface area contributed by atoms with Crippen LogP contribution in [0.1, 0.15) is 0 Å². The van der Waals surface area contributed by atoms with E-state index in [9.17, 15) is 9.18 Å². The van der Waals surface area contributed by atoms with E-state index in [0.29, 0.717) is 0 Å². The maximum atomic E-state index is 13.4. The van der Waals surface area contributed by atoms with Crippen molar-refractivity contribution in [2.75, 3.05) is 0 Å². The molecule has 0 aliphatic rings. The van der Waals surface area contributed by atoms with E-state index in [0.717, 1.165) is 11.3 Å². The Bertz CT molecular complexity index is 550. The number of primary amides is 1. The van der Waals surface area contributed by atoms with Gasteiger partial charge < -0.3 is 10.5 Å². The highest BCUT2D eigenvalue weighted by Crippen LogP contribution is 2.31. The first-order valence-electron chi connectivity index (χ1n) is 3.65. The number of fused-ring (bicyclic) bond motifs is 1. The first-order chi connectivity index (χ1) is 7.08. The maximum absolute atomic E-state index is 13.4. The lowest BCUT2D eigenvalue weighted by atomic mass is 10.4. The number of aromatic nitrogens is 2. The third-order valence-electron chi connectivity index (χ3n) is 1.50. The molecule has 2 aromatic rings. The van der Waals surface area contributed by atoms with Crippen LogP contribution in [0.2, 0.25) is 5.15 Å². The highest BCUT2D eigenvalue weighted by molar-refractivity contribution is 8.93. The van der Waals surface area contributed by atoms with Crippen LogP contribution in [-0.4, -0.2) is 16.1 Å². The standard InChI is InChI=1S/C7H3ClFN3O2S.BrH/c8-5-3(9)4-2(1-11-5)12-7(15-4)14-6(10)13;/h1H,(H2,10,13);1H. The first kappa shape index (κ1) is 13.1. The van der Waals surface area contributed by atoms with Gasteiger partial charge in [0.2, 0.25) is 0 Å². The maximum Gasteiger partial charge on any atom is 0.411 e. The van der Waals surface area contributed by atoms with Crippen LogP contribution in [0.4, 0.5) is 9.18 Å². The summed E-state index contributed by atoms with van der Waals surface area (Å²) in [5.74, 6) is -0.689. The number of halogens is 3. The molecule has 0 saturated heterocycles. The number of amides is 1. The molecule has 9 heteroatoms. The molecule has 0 fully saturated rings. The topological polar surface area (TPSA) is 78.1 Å². The van der Waals surface area contributed by atoms with E-state index in [1.165, 1.54) is 6.20 Å². The smallest absolute Gasteiger partial charge is 0.381 e. The molecule has 2 rings (SSSR count). The minimum absolute atomic E-state index is 0. The van der Waals surface area contributed by atoms with Crippen molar-refractivity contribution < 1.29 is 13.9 Å². The Kier molecular flexibility index (Phi) is 4.00. The second-order valence-electron chi connectivity index (χ2n) is 2.48. The van der Waals surface area contributed by atoms with E-state index in [2.05, 4.69) is 14.7 Å². The van der Waals surface area contributed by atoms with Gasteiger partial charge in [0.15, 0.2) is 11.0 Å². The molecule has 0 saturated carbocycles. The Morgan fingerprint density at radius 1 is 1.62 bits per heavy atom. The summed E-state index contributed by atoms with van der Waals surface area (Å²) in [6.45, 7) is 0. The minimum atomic E-state index is -1.01. The molecule has 0 aromatic carbocycles. The molecular formula is C7H4BrClFN3O2S. The van der Waals surface area contributed by atoms with Gasteiger partial charge in [-0.05, 0) is 0 Å². The Morgan fingerprint density at radius 3 is 2.94 bits per heavy atom. The van der Waals surface area contributed by atoms with E-state index in [4.69, 9.17) is 17.3 Å². The summed E-state index contributed by atoms with van der Waals surface area (Å²) < 4.78 is 18.0. The summed E-state index contributed by atoms with van der Waals surface area (Å²) in [6.07, 6.45) is 0.277. The van der Waals surface area contributed by atoms with Gasteiger partial charge in [0.1, 0.15) is 5.52 Å². The highest BCUT2D eigenvalue weighted by atomic mass is 79.9. The van der Waals surface area contributed by atoms with Crippen LogP contribution in [0.3, 0.4) is 0 Å². The predicted octanol–water partition coefficient (Wildman–Crippen LogP) is 2.52. The van der Waals surface area contributed by atoms with Gasteiger partial charge in [-0.25, -0.2) is 19.2 Å². The number of pyridine rings is 1. The van der Waals surface area contributed by atoms with Crippen LogP contribution >= 0.6 is 39.9 Å². The Morgan fingerprint density at radius 2 is 2.31 bits per heavy atom. The third-order valence-corrected chi connectivity index (χ3v) is 2.71. The molecule has 0 atom stereocenters. The van der Waals surface area contributed by atoms with E-state index in [-0.39, 0.29) is 37.5 Å². The lowest BCUT2D eigenvalue weighted by Gasteiger charge is -1.91. The number of carbonyl (C=O) groups is 1. The Balaban J connectivity index is 0.00000128. The molecule has 0 radical (unpaired) electrons. The molecule has 0 unspecified atom stereocenters. The van der Waals surface area contributed by atoms with Gasteiger partial charge in [0, 0.05) is 0 Å². The molecule has 86 valence electrons. The number of nitrogens with two attached hydrogens (primary N) is 1. The molecular weight excluding hydrogens is 325 g/mol. The van der Waals surface area contributed by atoms with Crippen molar-refractivity contribution in [3.8, 4) is 5.19 Å². The van der Waals surface area contributed by atoms with Crippen LogP contribution in [0, 0.1) is 5.82 Å². The summed E-state index contributed by atoms with van der Waals surface area (Å²) in [5.41, 5.74) is 5.05. The van der Waals surface area contributed by atoms with Crippen molar-refractivity contribution in [2.24, 2.45) is 5.73 Å². The second kappa shape index (κ2) is 4.89.